The molecule has 0 aliphatic heterocycles. The highest BCUT2D eigenvalue weighted by Gasteiger charge is 2.17. The number of benzene rings is 2. The standard InChI is InChI=1S/C19H15ClO6/c1-24-17(21)12-3-2-4-14(8-12)25-18(22)15-9-13-7-11(10-20)5-6-16(13)26-19(15)23/h2-9,18,22H,10H2,1H3. The summed E-state index contributed by atoms with van der Waals surface area (Å²) in [5, 5.41) is 10.9. The lowest BCUT2D eigenvalue weighted by atomic mass is 10.1. The number of fused-ring (bicyclic) bond motifs is 1. The molecule has 1 N–H and O–H groups in total. The number of carbonyl (C=O) groups is 1. The first-order valence-corrected chi connectivity index (χ1v) is 8.21. The van der Waals surface area contributed by atoms with Gasteiger partial charge in [-0.2, -0.15) is 0 Å². The van der Waals surface area contributed by atoms with Crippen molar-refractivity contribution in [1.82, 2.24) is 0 Å². The zero-order valence-corrected chi connectivity index (χ0v) is 14.5. The van der Waals surface area contributed by atoms with E-state index in [0.717, 1.165) is 5.56 Å². The van der Waals surface area contributed by atoms with Crippen LogP contribution < -0.4 is 10.4 Å². The Labute approximate surface area is 153 Å². The lowest BCUT2D eigenvalue weighted by Crippen LogP contribution is -2.17. The molecule has 2 aromatic carbocycles. The van der Waals surface area contributed by atoms with Crippen LogP contribution in [0.2, 0.25) is 0 Å². The van der Waals surface area contributed by atoms with Crippen LogP contribution in [-0.4, -0.2) is 18.2 Å². The Morgan fingerprint density at radius 1 is 1.23 bits per heavy atom. The van der Waals surface area contributed by atoms with Crippen molar-refractivity contribution in [2.24, 2.45) is 0 Å². The van der Waals surface area contributed by atoms with Crippen molar-refractivity contribution in [2.45, 2.75) is 12.2 Å². The summed E-state index contributed by atoms with van der Waals surface area (Å²) in [6.45, 7) is 0. The van der Waals surface area contributed by atoms with Crippen molar-refractivity contribution in [3.63, 3.8) is 0 Å². The van der Waals surface area contributed by atoms with Gasteiger partial charge in [0.25, 0.3) is 0 Å². The summed E-state index contributed by atoms with van der Waals surface area (Å²) < 4.78 is 15.2. The van der Waals surface area contributed by atoms with Gasteiger partial charge in [-0.15, -0.1) is 11.6 Å². The monoisotopic (exact) mass is 374 g/mol. The molecule has 0 bridgehead atoms. The van der Waals surface area contributed by atoms with Gasteiger partial charge in [0.05, 0.1) is 12.7 Å². The van der Waals surface area contributed by atoms with Gasteiger partial charge in [0.1, 0.15) is 16.9 Å². The fourth-order valence-electron chi connectivity index (χ4n) is 2.45. The molecule has 7 heteroatoms. The molecule has 26 heavy (non-hydrogen) atoms. The van der Waals surface area contributed by atoms with Gasteiger partial charge in [-0.05, 0) is 42.0 Å². The first-order valence-electron chi connectivity index (χ1n) is 7.67. The van der Waals surface area contributed by atoms with E-state index in [1.54, 1.807) is 36.4 Å². The summed E-state index contributed by atoms with van der Waals surface area (Å²) in [7, 11) is 1.26. The van der Waals surface area contributed by atoms with E-state index in [0.29, 0.717) is 16.8 Å². The molecular formula is C19H15ClO6. The van der Waals surface area contributed by atoms with E-state index in [2.05, 4.69) is 4.74 Å². The predicted octanol–water partition coefficient (Wildman–Crippen LogP) is 3.39. The maximum Gasteiger partial charge on any atom is 0.345 e. The molecule has 0 aliphatic rings. The number of aliphatic hydroxyl groups excluding tert-OH is 1. The van der Waals surface area contributed by atoms with Gasteiger partial charge in [0.15, 0.2) is 0 Å². The molecule has 1 heterocycles. The number of aliphatic hydroxyl groups is 1. The summed E-state index contributed by atoms with van der Waals surface area (Å²) in [6.07, 6.45) is -1.57. The van der Waals surface area contributed by atoms with Crippen LogP contribution in [0.4, 0.5) is 0 Å². The van der Waals surface area contributed by atoms with Crippen molar-refractivity contribution in [2.75, 3.05) is 7.11 Å². The molecule has 1 unspecified atom stereocenters. The Kier molecular flexibility index (Phi) is 5.25. The van der Waals surface area contributed by atoms with Crippen LogP contribution in [0.1, 0.15) is 27.8 Å². The Morgan fingerprint density at radius 3 is 2.77 bits per heavy atom. The van der Waals surface area contributed by atoms with Crippen LogP contribution >= 0.6 is 11.6 Å². The van der Waals surface area contributed by atoms with Crippen LogP contribution in [0.3, 0.4) is 0 Å². The van der Waals surface area contributed by atoms with Gasteiger partial charge in [0, 0.05) is 11.3 Å². The van der Waals surface area contributed by atoms with Crippen molar-refractivity contribution in [3.8, 4) is 5.75 Å². The van der Waals surface area contributed by atoms with Crippen LogP contribution in [0.25, 0.3) is 11.0 Å². The second-order valence-corrected chi connectivity index (χ2v) is 5.75. The van der Waals surface area contributed by atoms with Crippen LogP contribution in [0.15, 0.2) is 57.7 Å². The number of ether oxygens (including phenoxy) is 2. The first kappa shape index (κ1) is 18.0. The van der Waals surface area contributed by atoms with E-state index in [1.165, 1.54) is 19.2 Å². The third kappa shape index (κ3) is 3.71. The molecule has 0 saturated heterocycles. The summed E-state index contributed by atoms with van der Waals surface area (Å²) in [6, 6.07) is 12.7. The number of alkyl halides is 1. The Balaban J connectivity index is 1.92. The molecule has 1 atom stereocenters. The van der Waals surface area contributed by atoms with Crippen molar-refractivity contribution in [1.29, 1.82) is 0 Å². The smallest absolute Gasteiger partial charge is 0.345 e. The molecule has 134 valence electrons. The van der Waals surface area contributed by atoms with Crippen LogP contribution in [0.5, 0.6) is 5.75 Å². The quantitative estimate of drug-likeness (QED) is 0.319. The van der Waals surface area contributed by atoms with Crippen molar-refractivity contribution < 1.29 is 23.8 Å². The number of rotatable bonds is 5. The average molecular weight is 375 g/mol. The summed E-state index contributed by atoms with van der Waals surface area (Å²) in [5.41, 5.74) is 0.711. The highest BCUT2D eigenvalue weighted by atomic mass is 35.5. The zero-order valence-electron chi connectivity index (χ0n) is 13.8. The Hall–Kier alpha value is -2.83. The van der Waals surface area contributed by atoms with Gasteiger partial charge in [0.2, 0.25) is 6.29 Å². The zero-order chi connectivity index (χ0) is 18.7. The second-order valence-electron chi connectivity index (χ2n) is 5.48. The van der Waals surface area contributed by atoms with E-state index in [9.17, 15) is 14.7 Å². The van der Waals surface area contributed by atoms with Gasteiger partial charge >= 0.3 is 11.6 Å². The predicted molar refractivity (Wildman–Crippen MR) is 95.4 cm³/mol. The number of carbonyl (C=O) groups excluding carboxylic acids is 1. The molecule has 6 nitrogen and oxygen atoms in total. The van der Waals surface area contributed by atoms with Gasteiger partial charge in [-0.3, -0.25) is 0 Å². The van der Waals surface area contributed by atoms with E-state index >= 15 is 0 Å². The lowest BCUT2D eigenvalue weighted by Gasteiger charge is -2.14. The van der Waals surface area contributed by atoms with E-state index in [1.807, 2.05) is 0 Å². The van der Waals surface area contributed by atoms with E-state index < -0.39 is 17.9 Å². The maximum absolute atomic E-state index is 12.1. The first-order chi connectivity index (χ1) is 12.5. The highest BCUT2D eigenvalue weighted by molar-refractivity contribution is 6.17. The topological polar surface area (TPSA) is 86.0 Å². The summed E-state index contributed by atoms with van der Waals surface area (Å²) in [4.78, 5) is 23.7. The number of hydrogen-bond acceptors (Lipinski definition) is 6. The van der Waals surface area contributed by atoms with Crippen LogP contribution in [-0.2, 0) is 10.6 Å². The number of halogens is 1. The number of hydrogen-bond donors (Lipinski definition) is 1. The molecular weight excluding hydrogens is 360 g/mol. The minimum absolute atomic E-state index is 0.0623. The molecule has 0 spiro atoms. The van der Waals surface area contributed by atoms with Gasteiger partial charge in [-0.25, -0.2) is 9.59 Å². The minimum Gasteiger partial charge on any atom is -0.465 e. The van der Waals surface area contributed by atoms with Gasteiger partial charge < -0.3 is 19.0 Å². The minimum atomic E-state index is -1.57. The van der Waals surface area contributed by atoms with Gasteiger partial charge in [-0.1, -0.05) is 12.1 Å². The van der Waals surface area contributed by atoms with E-state index in [-0.39, 0.29) is 16.9 Å². The lowest BCUT2D eigenvalue weighted by molar-refractivity contribution is -0.0217. The highest BCUT2D eigenvalue weighted by Crippen LogP contribution is 2.23. The van der Waals surface area contributed by atoms with Crippen molar-refractivity contribution >= 4 is 28.5 Å². The van der Waals surface area contributed by atoms with Crippen molar-refractivity contribution in [3.05, 3.63) is 75.6 Å². The molecule has 3 rings (SSSR count). The molecule has 0 radical (unpaired) electrons. The number of esters is 1. The molecule has 0 saturated carbocycles. The summed E-state index contributed by atoms with van der Waals surface area (Å²) >= 11 is 5.82. The third-order valence-corrected chi connectivity index (χ3v) is 4.06. The fourth-order valence-corrected chi connectivity index (χ4v) is 2.62. The SMILES string of the molecule is COC(=O)c1cccc(OC(O)c2cc3cc(CCl)ccc3oc2=O)c1. The molecule has 0 amide bonds. The third-order valence-electron chi connectivity index (χ3n) is 3.75. The maximum atomic E-state index is 12.1. The second kappa shape index (κ2) is 7.59. The average Bonchev–Trinajstić information content (AvgIpc) is 2.66. The molecule has 3 aromatic rings. The summed E-state index contributed by atoms with van der Waals surface area (Å²) in [5.74, 6) is -0.0257. The molecule has 0 fully saturated rings. The largest absolute Gasteiger partial charge is 0.465 e. The fraction of sp³-hybridized carbons (Fsp3) is 0.158. The van der Waals surface area contributed by atoms with Crippen LogP contribution in [0, 0.1) is 0 Å². The normalized spacial score (nSPS) is 12.0. The molecule has 1 aromatic heterocycles. The Morgan fingerprint density at radius 2 is 2.04 bits per heavy atom. The number of methoxy groups -OCH3 is 1. The Bertz CT molecular complexity index is 1010. The molecule has 0 aliphatic carbocycles. The van der Waals surface area contributed by atoms with E-state index in [4.69, 9.17) is 20.8 Å².